The van der Waals surface area contributed by atoms with Gasteiger partial charge in [-0.2, -0.15) is 0 Å². The van der Waals surface area contributed by atoms with Gasteiger partial charge in [-0.25, -0.2) is 8.78 Å². The van der Waals surface area contributed by atoms with Gasteiger partial charge in [0.1, 0.15) is 17.4 Å². The van der Waals surface area contributed by atoms with E-state index in [1.165, 1.54) is 12.1 Å². The summed E-state index contributed by atoms with van der Waals surface area (Å²) in [7, 11) is 0. The Morgan fingerprint density at radius 2 is 1.79 bits per heavy atom. The molecular formula is C15H15F2NO. The molecule has 0 amide bonds. The normalized spacial score (nSPS) is 12.2. The Hall–Kier alpha value is -1.94. The Morgan fingerprint density at radius 3 is 2.47 bits per heavy atom. The number of hydrogen-bond acceptors (Lipinski definition) is 2. The minimum absolute atomic E-state index is 0.304. The summed E-state index contributed by atoms with van der Waals surface area (Å²) in [5, 5.41) is 0. The van der Waals surface area contributed by atoms with Crippen LogP contribution in [0, 0.1) is 11.6 Å². The van der Waals surface area contributed by atoms with Gasteiger partial charge in [-0.05, 0) is 18.2 Å². The summed E-state index contributed by atoms with van der Waals surface area (Å²) in [6, 6.07) is 12.2. The Bertz CT molecular complexity index is 531. The number of hydrogen-bond donors (Lipinski definition) is 1. The zero-order valence-electron chi connectivity index (χ0n) is 10.4. The summed E-state index contributed by atoms with van der Waals surface area (Å²) >= 11 is 0. The van der Waals surface area contributed by atoms with Crippen molar-refractivity contribution in [1.82, 2.24) is 0 Å². The quantitative estimate of drug-likeness (QED) is 0.897. The molecule has 0 radical (unpaired) electrons. The smallest absolute Gasteiger partial charge is 0.130 e. The van der Waals surface area contributed by atoms with E-state index in [-0.39, 0.29) is 0 Å². The first kappa shape index (κ1) is 13.5. The second-order valence-electron chi connectivity index (χ2n) is 4.22. The lowest BCUT2D eigenvalue weighted by Crippen LogP contribution is -2.15. The van der Waals surface area contributed by atoms with Crippen molar-refractivity contribution in [1.29, 1.82) is 0 Å². The zero-order valence-corrected chi connectivity index (χ0v) is 10.4. The van der Waals surface area contributed by atoms with Crippen LogP contribution in [-0.4, -0.2) is 6.61 Å². The number of rotatable bonds is 5. The molecule has 100 valence electrons. The van der Waals surface area contributed by atoms with Gasteiger partial charge >= 0.3 is 0 Å². The van der Waals surface area contributed by atoms with Crippen LogP contribution in [0.15, 0.2) is 48.5 Å². The maximum absolute atomic E-state index is 13.5. The predicted molar refractivity (Wildman–Crippen MR) is 69.8 cm³/mol. The van der Waals surface area contributed by atoms with Crippen LogP contribution in [0.3, 0.4) is 0 Å². The number of ether oxygens (including phenoxy) is 1. The minimum Gasteiger partial charge on any atom is -0.494 e. The third kappa shape index (κ3) is 3.76. The van der Waals surface area contributed by atoms with Gasteiger partial charge in [-0.1, -0.05) is 24.3 Å². The maximum atomic E-state index is 13.5. The van der Waals surface area contributed by atoms with Gasteiger partial charge < -0.3 is 10.5 Å². The molecule has 0 aliphatic heterocycles. The van der Waals surface area contributed by atoms with E-state index in [9.17, 15) is 8.78 Å². The second kappa shape index (κ2) is 6.29. The molecule has 0 spiro atoms. The van der Waals surface area contributed by atoms with E-state index in [2.05, 4.69) is 0 Å². The van der Waals surface area contributed by atoms with Crippen LogP contribution in [0.5, 0.6) is 5.75 Å². The van der Waals surface area contributed by atoms with E-state index in [4.69, 9.17) is 10.5 Å². The lowest BCUT2D eigenvalue weighted by molar-refractivity contribution is 0.297. The number of nitrogens with two attached hydrogens (primary N) is 1. The van der Waals surface area contributed by atoms with Crippen LogP contribution in [-0.2, 0) is 0 Å². The van der Waals surface area contributed by atoms with E-state index < -0.39 is 17.7 Å². The molecule has 0 fully saturated rings. The molecule has 0 aliphatic rings. The highest BCUT2D eigenvalue weighted by molar-refractivity contribution is 5.22. The van der Waals surface area contributed by atoms with Gasteiger partial charge in [0.25, 0.3) is 0 Å². The van der Waals surface area contributed by atoms with Gasteiger partial charge in [0.15, 0.2) is 0 Å². The largest absolute Gasteiger partial charge is 0.494 e. The number of halogens is 2. The highest BCUT2D eigenvalue weighted by atomic mass is 19.1. The highest BCUT2D eigenvalue weighted by Crippen LogP contribution is 2.19. The molecule has 1 atom stereocenters. The van der Waals surface area contributed by atoms with Crippen molar-refractivity contribution in [2.75, 3.05) is 6.61 Å². The van der Waals surface area contributed by atoms with Gasteiger partial charge in [0, 0.05) is 24.1 Å². The Morgan fingerprint density at radius 1 is 1.05 bits per heavy atom. The van der Waals surface area contributed by atoms with E-state index in [0.717, 1.165) is 11.8 Å². The zero-order chi connectivity index (χ0) is 13.7. The summed E-state index contributed by atoms with van der Waals surface area (Å²) in [6.07, 6.45) is 0.456. The molecular weight excluding hydrogens is 248 g/mol. The topological polar surface area (TPSA) is 35.2 Å². The van der Waals surface area contributed by atoms with Crippen LogP contribution in [0.2, 0.25) is 0 Å². The van der Waals surface area contributed by atoms with Crippen LogP contribution in [0.4, 0.5) is 8.78 Å². The summed E-state index contributed by atoms with van der Waals surface area (Å²) < 4.78 is 31.8. The average molecular weight is 263 g/mol. The van der Waals surface area contributed by atoms with E-state index in [0.29, 0.717) is 18.6 Å². The number of para-hydroxylation sites is 1. The molecule has 4 heteroatoms. The van der Waals surface area contributed by atoms with Crippen molar-refractivity contribution in [3.05, 3.63) is 65.7 Å². The monoisotopic (exact) mass is 263 g/mol. The Labute approximate surface area is 110 Å². The molecule has 2 N–H and O–H groups in total. The summed E-state index contributed by atoms with van der Waals surface area (Å²) in [5.74, 6) is -0.476. The number of benzene rings is 2. The minimum atomic E-state index is -0.618. The molecule has 0 saturated heterocycles. The van der Waals surface area contributed by atoms with Gasteiger partial charge in [0.2, 0.25) is 0 Å². The first-order chi connectivity index (χ1) is 9.16. The van der Waals surface area contributed by atoms with Crippen molar-refractivity contribution in [3.8, 4) is 5.75 Å². The Kier molecular flexibility index (Phi) is 4.47. The fourth-order valence-corrected chi connectivity index (χ4v) is 1.78. The van der Waals surface area contributed by atoms with Crippen molar-refractivity contribution in [3.63, 3.8) is 0 Å². The van der Waals surface area contributed by atoms with Crippen molar-refractivity contribution in [2.24, 2.45) is 5.73 Å². The van der Waals surface area contributed by atoms with Gasteiger partial charge in [0.05, 0.1) is 6.61 Å². The summed E-state index contributed by atoms with van der Waals surface area (Å²) in [5.41, 5.74) is 6.17. The van der Waals surface area contributed by atoms with Crippen LogP contribution in [0.1, 0.15) is 18.0 Å². The second-order valence-corrected chi connectivity index (χ2v) is 4.22. The first-order valence-electron chi connectivity index (χ1n) is 6.05. The third-order valence-corrected chi connectivity index (χ3v) is 2.80. The van der Waals surface area contributed by atoms with Crippen molar-refractivity contribution < 1.29 is 13.5 Å². The standard InChI is InChI=1S/C15H15F2NO/c16-11-6-7-13(14(17)10-11)15(18)8-9-19-12-4-2-1-3-5-12/h1-7,10,15H,8-9,18H2. The lowest BCUT2D eigenvalue weighted by Gasteiger charge is -2.13. The first-order valence-corrected chi connectivity index (χ1v) is 6.05. The summed E-state index contributed by atoms with van der Waals surface area (Å²) in [6.45, 7) is 0.377. The molecule has 2 aromatic carbocycles. The van der Waals surface area contributed by atoms with Crippen LogP contribution in [0.25, 0.3) is 0 Å². The third-order valence-electron chi connectivity index (χ3n) is 2.80. The van der Waals surface area contributed by atoms with Crippen molar-refractivity contribution >= 4 is 0 Å². The van der Waals surface area contributed by atoms with Crippen LogP contribution >= 0.6 is 0 Å². The molecule has 0 bridgehead atoms. The molecule has 2 aromatic rings. The predicted octanol–water partition coefficient (Wildman–Crippen LogP) is 3.43. The van der Waals surface area contributed by atoms with E-state index in [1.807, 2.05) is 30.3 Å². The fourth-order valence-electron chi connectivity index (χ4n) is 1.78. The fraction of sp³-hybridized carbons (Fsp3) is 0.200. The average Bonchev–Trinajstić information content (AvgIpc) is 2.39. The molecule has 0 saturated carbocycles. The molecule has 2 rings (SSSR count). The Balaban J connectivity index is 1.89. The van der Waals surface area contributed by atoms with E-state index >= 15 is 0 Å². The molecule has 0 aromatic heterocycles. The van der Waals surface area contributed by atoms with Crippen LogP contribution < -0.4 is 10.5 Å². The maximum Gasteiger partial charge on any atom is 0.130 e. The van der Waals surface area contributed by atoms with Crippen molar-refractivity contribution in [2.45, 2.75) is 12.5 Å². The molecule has 19 heavy (non-hydrogen) atoms. The lowest BCUT2D eigenvalue weighted by atomic mass is 10.0. The van der Waals surface area contributed by atoms with Gasteiger partial charge in [-0.15, -0.1) is 0 Å². The molecule has 2 nitrogen and oxygen atoms in total. The molecule has 0 aliphatic carbocycles. The summed E-state index contributed by atoms with van der Waals surface area (Å²) in [4.78, 5) is 0. The highest BCUT2D eigenvalue weighted by Gasteiger charge is 2.12. The molecule has 1 unspecified atom stereocenters. The van der Waals surface area contributed by atoms with E-state index in [1.54, 1.807) is 0 Å². The van der Waals surface area contributed by atoms with Gasteiger partial charge in [-0.3, -0.25) is 0 Å². The molecule has 0 heterocycles. The SMILES string of the molecule is NC(CCOc1ccccc1)c1ccc(F)cc1F.